The van der Waals surface area contributed by atoms with E-state index in [1.54, 1.807) is 27.8 Å². The van der Waals surface area contributed by atoms with Crippen LogP contribution in [0, 0.1) is 5.92 Å². The molecule has 0 heterocycles. The van der Waals surface area contributed by atoms with Crippen molar-refractivity contribution in [3.63, 3.8) is 0 Å². The second-order valence-corrected chi connectivity index (χ2v) is 24.7. The predicted molar refractivity (Wildman–Crippen MR) is 165 cm³/mol. The summed E-state index contributed by atoms with van der Waals surface area (Å²) in [7, 11) is -1.28. The van der Waals surface area contributed by atoms with Crippen LogP contribution in [0.5, 0.6) is 0 Å². The van der Waals surface area contributed by atoms with Crippen molar-refractivity contribution in [3.8, 4) is 0 Å². The third kappa shape index (κ3) is 6.11. The fraction of sp³-hybridized carbons (Fsp3) is 0.389. The van der Waals surface area contributed by atoms with Crippen molar-refractivity contribution >= 4 is 8.07 Å². The quantitative estimate of drug-likeness (QED) is 0.219. The van der Waals surface area contributed by atoms with Crippen LogP contribution in [0.3, 0.4) is 0 Å². The molecule has 0 radical (unpaired) electrons. The van der Waals surface area contributed by atoms with Gasteiger partial charge in [-0.3, -0.25) is 0 Å². The Morgan fingerprint density at radius 2 is 1.13 bits per heavy atom. The van der Waals surface area contributed by atoms with Gasteiger partial charge in [-0.2, -0.15) is 0 Å². The number of allylic oxidation sites excluding steroid dienone is 4. The third-order valence-electron chi connectivity index (χ3n) is 9.58. The normalized spacial score (nSPS) is 18.2. The predicted octanol–water partition coefficient (Wildman–Crippen LogP) is 10.2. The van der Waals surface area contributed by atoms with E-state index in [0.29, 0.717) is 5.92 Å². The molecule has 3 aromatic rings. The zero-order chi connectivity index (χ0) is 26.6. The summed E-state index contributed by atoms with van der Waals surface area (Å²) in [6, 6.07) is 37.4. The van der Waals surface area contributed by atoms with E-state index in [1.807, 2.05) is 9.45 Å². The average molecular weight is 555 g/mol. The second kappa shape index (κ2) is 12.1. The molecule has 0 saturated carbocycles. The molecule has 0 nitrogen and oxygen atoms in total. The Bertz CT molecular complexity index is 1170. The van der Waals surface area contributed by atoms with E-state index in [0.717, 1.165) is 0 Å². The molecular weight excluding hydrogens is 508 g/mol. The van der Waals surface area contributed by atoms with E-state index < -0.39 is 24.7 Å². The van der Waals surface area contributed by atoms with Gasteiger partial charge in [0.2, 0.25) is 0 Å². The van der Waals surface area contributed by atoms with Crippen LogP contribution in [0.15, 0.2) is 112 Å². The summed E-state index contributed by atoms with van der Waals surface area (Å²) < 4.78 is 5.83. The fourth-order valence-electron chi connectivity index (χ4n) is 7.46. The van der Waals surface area contributed by atoms with Gasteiger partial charge >= 0.3 is 238 Å². The molecule has 0 amide bonds. The summed E-state index contributed by atoms with van der Waals surface area (Å²) in [5, 5.41) is 0. The van der Waals surface area contributed by atoms with E-state index in [9.17, 15) is 0 Å². The van der Waals surface area contributed by atoms with E-state index in [2.05, 4.69) is 118 Å². The molecule has 0 spiro atoms. The molecule has 3 aromatic carbocycles. The SMILES string of the molecule is CC[Si](C)(C)CC1C2=C(CCCC2)C(C)=[C]1[Ti]([CH2]c1ccccc1)([CH2]c1ccccc1)[CH2]c1ccccc1. The Kier molecular flexibility index (Phi) is 8.78. The minimum atomic E-state index is -2.79. The van der Waals surface area contributed by atoms with Crippen LogP contribution in [0.2, 0.25) is 25.2 Å². The molecule has 198 valence electrons. The Hall–Kier alpha value is -1.93. The summed E-state index contributed by atoms with van der Waals surface area (Å²) >= 11 is -2.79. The van der Waals surface area contributed by atoms with Gasteiger partial charge < -0.3 is 0 Å². The maximum absolute atomic E-state index is 2.79. The van der Waals surface area contributed by atoms with Crippen molar-refractivity contribution in [2.24, 2.45) is 5.92 Å². The van der Waals surface area contributed by atoms with Crippen molar-refractivity contribution in [2.45, 2.75) is 78.9 Å². The zero-order valence-electron chi connectivity index (χ0n) is 24.1. The summed E-state index contributed by atoms with van der Waals surface area (Å²) in [5.41, 5.74) is 10.1. The van der Waals surface area contributed by atoms with Crippen LogP contribution in [0.25, 0.3) is 0 Å². The first kappa shape index (κ1) is 27.6. The summed E-state index contributed by atoms with van der Waals surface area (Å²) in [6.45, 7) is 10.3. The minimum absolute atomic E-state index is 0.711. The molecule has 0 N–H and O–H groups in total. The van der Waals surface area contributed by atoms with Gasteiger partial charge in [0.25, 0.3) is 0 Å². The molecule has 1 unspecified atom stereocenters. The van der Waals surface area contributed by atoms with Gasteiger partial charge in [-0.05, 0) is 0 Å². The van der Waals surface area contributed by atoms with Crippen molar-refractivity contribution in [1.82, 2.24) is 0 Å². The summed E-state index contributed by atoms with van der Waals surface area (Å²) in [5.74, 6) is 0.711. The van der Waals surface area contributed by atoms with Crippen LogP contribution in [0.4, 0.5) is 0 Å². The zero-order valence-corrected chi connectivity index (χ0v) is 26.7. The van der Waals surface area contributed by atoms with Crippen molar-refractivity contribution in [3.05, 3.63) is 128 Å². The molecular formula is C36H46SiTi. The first-order valence-electron chi connectivity index (χ1n) is 15.0. The number of rotatable bonds is 10. The van der Waals surface area contributed by atoms with Gasteiger partial charge in [0, 0.05) is 0 Å². The standard InChI is InChI=1S/C15H25Si.3C7H7.Ti/c1-5-16(3,4)11-13-10-12(2)14-8-6-7-9-15(13)14;3*1-7-5-3-2-4-6-7;/h13H,5-9,11H2,1-4H3;3*2-6H,1H2;. The molecule has 0 saturated heterocycles. The molecule has 38 heavy (non-hydrogen) atoms. The van der Waals surface area contributed by atoms with Crippen LogP contribution in [-0.2, 0) is 30.8 Å². The molecule has 0 bridgehead atoms. The molecule has 5 rings (SSSR count). The monoisotopic (exact) mass is 554 g/mol. The van der Waals surface area contributed by atoms with Gasteiger partial charge in [0.15, 0.2) is 0 Å². The first-order valence-corrected chi connectivity index (χ1v) is 22.5. The van der Waals surface area contributed by atoms with Gasteiger partial charge in [0.05, 0.1) is 0 Å². The van der Waals surface area contributed by atoms with Gasteiger partial charge in [0.1, 0.15) is 0 Å². The second-order valence-electron chi connectivity index (χ2n) is 12.8. The molecule has 1 atom stereocenters. The third-order valence-corrected chi connectivity index (χ3v) is 21.0. The Balaban J connectivity index is 1.71. The first-order chi connectivity index (χ1) is 18.4. The average Bonchev–Trinajstić information content (AvgIpc) is 3.21. The van der Waals surface area contributed by atoms with E-state index in [1.165, 1.54) is 51.9 Å². The van der Waals surface area contributed by atoms with Gasteiger partial charge in [-0.25, -0.2) is 0 Å². The fourth-order valence-corrected chi connectivity index (χ4v) is 18.9. The van der Waals surface area contributed by atoms with Crippen LogP contribution in [-0.4, -0.2) is 8.07 Å². The Morgan fingerprint density at radius 3 is 1.58 bits per heavy atom. The number of benzene rings is 3. The van der Waals surface area contributed by atoms with E-state index in [4.69, 9.17) is 0 Å². The topological polar surface area (TPSA) is 0 Å². The number of hydrogen-bond donors (Lipinski definition) is 0. The molecule has 2 aliphatic rings. The van der Waals surface area contributed by atoms with Gasteiger partial charge in [-0.1, -0.05) is 0 Å². The van der Waals surface area contributed by atoms with E-state index in [-0.39, 0.29) is 0 Å². The van der Waals surface area contributed by atoms with E-state index >= 15 is 0 Å². The number of hydrogen-bond acceptors (Lipinski definition) is 0. The summed E-state index contributed by atoms with van der Waals surface area (Å²) in [4.78, 5) is 0. The maximum atomic E-state index is 2.65. The van der Waals surface area contributed by atoms with Crippen molar-refractivity contribution in [1.29, 1.82) is 0 Å². The van der Waals surface area contributed by atoms with Crippen LogP contribution >= 0.6 is 0 Å². The van der Waals surface area contributed by atoms with Crippen LogP contribution in [0.1, 0.15) is 56.2 Å². The molecule has 0 aliphatic heterocycles. The van der Waals surface area contributed by atoms with Crippen molar-refractivity contribution in [2.75, 3.05) is 0 Å². The Labute approximate surface area is 236 Å². The van der Waals surface area contributed by atoms with Gasteiger partial charge in [-0.15, -0.1) is 0 Å². The molecule has 0 aromatic heterocycles. The molecule has 2 aliphatic carbocycles. The van der Waals surface area contributed by atoms with Crippen LogP contribution < -0.4 is 0 Å². The molecule has 2 heteroatoms. The summed E-state index contributed by atoms with van der Waals surface area (Å²) in [6.07, 6.45) is 5.42. The van der Waals surface area contributed by atoms with Crippen molar-refractivity contribution < 1.29 is 16.6 Å². The Morgan fingerprint density at radius 1 is 0.684 bits per heavy atom. The molecule has 0 fully saturated rings.